The van der Waals surface area contributed by atoms with Crippen LogP contribution in [0.5, 0.6) is 0 Å². The van der Waals surface area contributed by atoms with Gasteiger partial charge in [0, 0.05) is 5.69 Å². The molecule has 2 aromatic rings. The smallest absolute Gasteiger partial charge is 0.257 e. The highest BCUT2D eigenvalue weighted by molar-refractivity contribution is 6.10. The van der Waals surface area contributed by atoms with E-state index >= 15 is 0 Å². The van der Waals surface area contributed by atoms with Gasteiger partial charge in [-0.25, -0.2) is 0 Å². The third kappa shape index (κ3) is 4.95. The van der Waals surface area contributed by atoms with E-state index in [9.17, 15) is 14.4 Å². The van der Waals surface area contributed by atoms with Gasteiger partial charge in [-0.15, -0.1) is 0 Å². The number of nitrogens with two attached hydrogens (primary N) is 1. The molecule has 0 aliphatic carbocycles. The standard InChI is InChI=1S/C21H24N4O3/c22-20(27)18-12-6-7-13-25(18)14-19(26)24-17-11-5-4-10-16(17)21(28)23-15-8-2-1-3-9-15/h1-5,8-11,18H,6-7,12-14H2,(H2,22,27)(H,23,28)(H,24,26)/t18-/m0/s1. The van der Waals surface area contributed by atoms with Gasteiger partial charge in [0.1, 0.15) is 0 Å². The third-order valence-electron chi connectivity index (χ3n) is 4.77. The number of nitrogens with one attached hydrogen (secondary N) is 2. The maximum Gasteiger partial charge on any atom is 0.257 e. The average Bonchev–Trinajstić information content (AvgIpc) is 2.69. The molecule has 0 aromatic heterocycles. The van der Waals surface area contributed by atoms with Gasteiger partial charge in [0.05, 0.1) is 23.8 Å². The number of likely N-dealkylation sites (tertiary alicyclic amines) is 1. The van der Waals surface area contributed by atoms with Crippen LogP contribution in [0.2, 0.25) is 0 Å². The molecule has 1 heterocycles. The predicted octanol–water partition coefficient (Wildman–Crippen LogP) is 2.22. The second-order valence-corrected chi connectivity index (χ2v) is 6.80. The van der Waals surface area contributed by atoms with Crippen LogP contribution in [-0.4, -0.2) is 41.8 Å². The summed E-state index contributed by atoms with van der Waals surface area (Å²) in [4.78, 5) is 38.6. The van der Waals surface area contributed by atoms with Crippen LogP contribution in [0.25, 0.3) is 0 Å². The molecule has 7 nitrogen and oxygen atoms in total. The van der Waals surface area contributed by atoms with Crippen molar-refractivity contribution in [1.82, 2.24) is 4.90 Å². The number of benzene rings is 2. The maximum absolute atomic E-state index is 12.6. The molecule has 0 bridgehead atoms. The van der Waals surface area contributed by atoms with Gasteiger partial charge < -0.3 is 16.4 Å². The number of para-hydroxylation sites is 2. The molecule has 0 unspecified atom stereocenters. The molecule has 7 heteroatoms. The second-order valence-electron chi connectivity index (χ2n) is 6.80. The maximum atomic E-state index is 12.6. The SMILES string of the molecule is NC(=O)[C@@H]1CCCCN1CC(=O)Nc1ccccc1C(=O)Nc1ccccc1. The van der Waals surface area contributed by atoms with E-state index < -0.39 is 11.9 Å². The molecule has 146 valence electrons. The van der Waals surface area contributed by atoms with Crippen molar-refractivity contribution >= 4 is 29.1 Å². The molecule has 1 atom stereocenters. The van der Waals surface area contributed by atoms with Gasteiger partial charge in [0.2, 0.25) is 11.8 Å². The number of rotatable bonds is 6. The van der Waals surface area contributed by atoms with E-state index in [0.29, 0.717) is 29.9 Å². The van der Waals surface area contributed by atoms with Gasteiger partial charge in [0.25, 0.3) is 5.91 Å². The summed E-state index contributed by atoms with van der Waals surface area (Å²) in [6.45, 7) is 0.708. The van der Waals surface area contributed by atoms with Crippen LogP contribution >= 0.6 is 0 Å². The van der Waals surface area contributed by atoms with Gasteiger partial charge in [-0.05, 0) is 43.7 Å². The fraction of sp³-hybridized carbons (Fsp3) is 0.286. The fourth-order valence-electron chi connectivity index (χ4n) is 3.39. The van der Waals surface area contributed by atoms with Crippen molar-refractivity contribution in [1.29, 1.82) is 0 Å². The number of carbonyl (C=O) groups excluding carboxylic acids is 3. The zero-order valence-electron chi connectivity index (χ0n) is 15.6. The van der Waals surface area contributed by atoms with Crippen molar-refractivity contribution in [3.8, 4) is 0 Å². The zero-order valence-corrected chi connectivity index (χ0v) is 15.6. The first-order chi connectivity index (χ1) is 13.5. The number of carbonyl (C=O) groups is 3. The highest BCUT2D eigenvalue weighted by Crippen LogP contribution is 2.19. The number of piperidine rings is 1. The lowest BCUT2D eigenvalue weighted by Crippen LogP contribution is -2.50. The van der Waals surface area contributed by atoms with Crippen LogP contribution in [0.4, 0.5) is 11.4 Å². The Balaban J connectivity index is 1.68. The molecule has 4 N–H and O–H groups in total. The quantitative estimate of drug-likeness (QED) is 0.715. The zero-order chi connectivity index (χ0) is 19.9. The summed E-state index contributed by atoms with van der Waals surface area (Å²) in [5.41, 5.74) is 6.92. The van der Waals surface area contributed by atoms with E-state index in [-0.39, 0.29) is 18.4 Å². The summed E-state index contributed by atoms with van der Waals surface area (Å²) >= 11 is 0. The lowest BCUT2D eigenvalue weighted by Gasteiger charge is -2.32. The van der Waals surface area contributed by atoms with Gasteiger partial charge in [0.15, 0.2) is 0 Å². The van der Waals surface area contributed by atoms with Crippen LogP contribution in [0.3, 0.4) is 0 Å². The highest BCUT2D eigenvalue weighted by Gasteiger charge is 2.28. The first kappa shape index (κ1) is 19.6. The largest absolute Gasteiger partial charge is 0.368 e. The number of nitrogens with zero attached hydrogens (tertiary/aromatic N) is 1. The summed E-state index contributed by atoms with van der Waals surface area (Å²) in [7, 11) is 0. The Morgan fingerprint density at radius 1 is 0.964 bits per heavy atom. The molecule has 1 aliphatic heterocycles. The van der Waals surface area contributed by atoms with Gasteiger partial charge in [-0.1, -0.05) is 36.8 Å². The number of amides is 3. The Kier molecular flexibility index (Phi) is 6.39. The Bertz CT molecular complexity index is 854. The molecule has 28 heavy (non-hydrogen) atoms. The van der Waals surface area contributed by atoms with Crippen LogP contribution in [0.1, 0.15) is 29.6 Å². The molecule has 1 fully saturated rings. The van der Waals surface area contributed by atoms with E-state index in [1.807, 2.05) is 18.2 Å². The summed E-state index contributed by atoms with van der Waals surface area (Å²) < 4.78 is 0. The third-order valence-corrected chi connectivity index (χ3v) is 4.77. The number of hydrogen-bond acceptors (Lipinski definition) is 4. The minimum atomic E-state index is -0.420. The number of anilines is 2. The van der Waals surface area contributed by atoms with Crippen molar-refractivity contribution < 1.29 is 14.4 Å². The minimum absolute atomic E-state index is 0.0578. The predicted molar refractivity (Wildman–Crippen MR) is 108 cm³/mol. The van der Waals surface area contributed by atoms with Crippen LogP contribution in [-0.2, 0) is 9.59 Å². The molecule has 1 aliphatic rings. The van der Waals surface area contributed by atoms with Crippen LogP contribution in [0.15, 0.2) is 54.6 Å². The van der Waals surface area contributed by atoms with Crippen molar-refractivity contribution in [3.05, 3.63) is 60.2 Å². The normalized spacial score (nSPS) is 16.9. The van der Waals surface area contributed by atoms with Crippen molar-refractivity contribution in [2.45, 2.75) is 25.3 Å². The van der Waals surface area contributed by atoms with Gasteiger partial charge in [-0.3, -0.25) is 19.3 Å². The Hall–Kier alpha value is -3.19. The number of primary amides is 1. The van der Waals surface area contributed by atoms with E-state index in [1.165, 1.54) is 0 Å². The molecule has 0 spiro atoms. The Morgan fingerprint density at radius 3 is 2.43 bits per heavy atom. The lowest BCUT2D eigenvalue weighted by molar-refractivity contribution is -0.126. The van der Waals surface area contributed by atoms with Gasteiger partial charge >= 0.3 is 0 Å². The molecule has 3 rings (SSSR count). The van der Waals surface area contributed by atoms with E-state index in [4.69, 9.17) is 5.73 Å². The molecular formula is C21H24N4O3. The van der Waals surface area contributed by atoms with E-state index in [1.54, 1.807) is 41.3 Å². The van der Waals surface area contributed by atoms with Crippen LogP contribution < -0.4 is 16.4 Å². The average molecular weight is 380 g/mol. The molecule has 2 aromatic carbocycles. The molecule has 0 radical (unpaired) electrons. The van der Waals surface area contributed by atoms with E-state index in [2.05, 4.69) is 10.6 Å². The molecule has 0 saturated carbocycles. The minimum Gasteiger partial charge on any atom is -0.368 e. The summed E-state index contributed by atoms with van der Waals surface area (Å²) in [5, 5.41) is 5.60. The summed E-state index contributed by atoms with van der Waals surface area (Å²) in [5.74, 6) is -1.00. The van der Waals surface area contributed by atoms with Crippen molar-refractivity contribution in [3.63, 3.8) is 0 Å². The first-order valence-corrected chi connectivity index (χ1v) is 9.33. The van der Waals surface area contributed by atoms with Crippen molar-refractivity contribution in [2.75, 3.05) is 23.7 Å². The van der Waals surface area contributed by atoms with Gasteiger partial charge in [-0.2, -0.15) is 0 Å². The molecular weight excluding hydrogens is 356 g/mol. The summed E-state index contributed by atoms with van der Waals surface area (Å²) in [6.07, 6.45) is 2.51. The summed E-state index contributed by atoms with van der Waals surface area (Å²) in [6, 6.07) is 15.5. The second kappa shape index (κ2) is 9.14. The van der Waals surface area contributed by atoms with Crippen LogP contribution in [0, 0.1) is 0 Å². The molecule has 3 amide bonds. The monoisotopic (exact) mass is 380 g/mol. The Morgan fingerprint density at radius 2 is 1.68 bits per heavy atom. The van der Waals surface area contributed by atoms with Crippen molar-refractivity contribution in [2.24, 2.45) is 5.73 Å². The highest BCUT2D eigenvalue weighted by atomic mass is 16.2. The Labute approximate surface area is 163 Å². The number of hydrogen-bond donors (Lipinski definition) is 3. The first-order valence-electron chi connectivity index (χ1n) is 9.33. The lowest BCUT2D eigenvalue weighted by atomic mass is 10.0. The fourth-order valence-corrected chi connectivity index (χ4v) is 3.39. The topological polar surface area (TPSA) is 105 Å². The molecule has 1 saturated heterocycles. The van der Waals surface area contributed by atoms with E-state index in [0.717, 1.165) is 12.8 Å².